The number of benzene rings is 2. The highest BCUT2D eigenvalue weighted by Gasteiger charge is 2.40. The van der Waals surface area contributed by atoms with Gasteiger partial charge in [0.25, 0.3) is 0 Å². The Morgan fingerprint density at radius 3 is 2.53 bits per heavy atom. The van der Waals surface area contributed by atoms with Crippen molar-refractivity contribution in [2.24, 2.45) is 0 Å². The van der Waals surface area contributed by atoms with Gasteiger partial charge in [0.2, 0.25) is 0 Å². The Morgan fingerprint density at radius 2 is 1.82 bits per heavy atom. The Balaban J connectivity index is 1.53. The van der Waals surface area contributed by atoms with E-state index in [9.17, 15) is 9.18 Å². The first-order valence-corrected chi connectivity index (χ1v) is 14.5. The monoisotopic (exact) mass is 519 g/mol. The molecule has 1 atom stereocenters. The molecule has 2 heterocycles. The van der Waals surface area contributed by atoms with Crippen LogP contribution in [-0.4, -0.2) is 36.1 Å². The Bertz CT molecular complexity index is 1210. The van der Waals surface area contributed by atoms with Gasteiger partial charge in [0.05, 0.1) is 5.56 Å². The molecule has 2 aromatic rings. The first-order chi connectivity index (χ1) is 18.2. The second-order valence-electron chi connectivity index (χ2n) is 12.0. The van der Waals surface area contributed by atoms with E-state index in [4.69, 9.17) is 9.47 Å². The maximum Gasteiger partial charge on any atom is 0.311 e. The number of rotatable bonds is 9. The van der Waals surface area contributed by atoms with Gasteiger partial charge in [0, 0.05) is 11.8 Å². The summed E-state index contributed by atoms with van der Waals surface area (Å²) in [5.74, 6) is 0.968. The van der Waals surface area contributed by atoms with Gasteiger partial charge in [-0.05, 0) is 125 Å². The number of esters is 1. The summed E-state index contributed by atoms with van der Waals surface area (Å²) in [5.41, 5.74) is 4.84. The second-order valence-corrected chi connectivity index (χ2v) is 12.0. The third-order valence-electron chi connectivity index (χ3n) is 8.82. The molecule has 0 saturated carbocycles. The standard InChI is InChI=1S/C33H42FNO3/c1-5-17-33(4,23-13-15-25(34)16-14-23)24-21-28(37-30(36)12-9-20-35-18-6-7-19-35)31-26-10-8-11-27(26)32(2,3)38-29(31)22-24/h13-16,21-22H,5-12,17-20H2,1-4H3. The van der Waals surface area contributed by atoms with Crippen molar-refractivity contribution in [3.05, 3.63) is 64.5 Å². The van der Waals surface area contributed by atoms with E-state index in [1.54, 1.807) is 0 Å². The van der Waals surface area contributed by atoms with Gasteiger partial charge in [-0.25, -0.2) is 4.39 Å². The average Bonchev–Trinajstić information content (AvgIpc) is 3.57. The zero-order chi connectivity index (χ0) is 26.9. The number of hydrogen-bond acceptors (Lipinski definition) is 4. The molecule has 5 heteroatoms. The van der Waals surface area contributed by atoms with E-state index in [-0.39, 0.29) is 17.2 Å². The third-order valence-corrected chi connectivity index (χ3v) is 8.82. The highest BCUT2D eigenvalue weighted by atomic mass is 19.1. The van der Waals surface area contributed by atoms with E-state index in [1.165, 1.54) is 36.1 Å². The summed E-state index contributed by atoms with van der Waals surface area (Å²) in [7, 11) is 0. The fraction of sp³-hybridized carbons (Fsp3) is 0.545. The summed E-state index contributed by atoms with van der Waals surface area (Å²) in [4.78, 5) is 15.6. The van der Waals surface area contributed by atoms with Crippen molar-refractivity contribution in [2.45, 2.75) is 96.5 Å². The molecule has 0 aromatic heterocycles. The van der Waals surface area contributed by atoms with Gasteiger partial charge in [-0.2, -0.15) is 0 Å². The molecule has 2 aliphatic heterocycles. The van der Waals surface area contributed by atoms with Crippen LogP contribution in [0, 0.1) is 5.82 Å². The van der Waals surface area contributed by atoms with E-state index < -0.39 is 5.60 Å². The molecule has 0 amide bonds. The summed E-state index contributed by atoms with van der Waals surface area (Å²) < 4.78 is 26.7. The van der Waals surface area contributed by atoms with Gasteiger partial charge in [-0.1, -0.05) is 32.4 Å². The molecule has 38 heavy (non-hydrogen) atoms. The van der Waals surface area contributed by atoms with Crippen molar-refractivity contribution in [1.82, 2.24) is 4.90 Å². The summed E-state index contributed by atoms with van der Waals surface area (Å²) in [5, 5.41) is 0. The number of hydrogen-bond donors (Lipinski definition) is 0. The first-order valence-electron chi connectivity index (χ1n) is 14.5. The summed E-state index contributed by atoms with van der Waals surface area (Å²) in [6.07, 6.45) is 8.61. The molecule has 5 rings (SSSR count). The number of carbonyl (C=O) groups excluding carboxylic acids is 1. The lowest BCUT2D eigenvalue weighted by Gasteiger charge is -2.38. The number of likely N-dealkylation sites (tertiary alicyclic amines) is 1. The van der Waals surface area contributed by atoms with Crippen molar-refractivity contribution in [3.8, 4) is 11.5 Å². The van der Waals surface area contributed by atoms with Crippen molar-refractivity contribution in [2.75, 3.05) is 19.6 Å². The highest BCUT2D eigenvalue weighted by molar-refractivity contribution is 5.85. The molecule has 0 N–H and O–H groups in total. The van der Waals surface area contributed by atoms with Crippen molar-refractivity contribution >= 4 is 11.5 Å². The maximum atomic E-state index is 13.8. The van der Waals surface area contributed by atoms with Crippen LogP contribution >= 0.6 is 0 Å². The predicted molar refractivity (Wildman–Crippen MR) is 150 cm³/mol. The normalized spacial score (nSPS) is 20.0. The molecule has 1 unspecified atom stereocenters. The molecule has 1 aliphatic carbocycles. The second kappa shape index (κ2) is 10.8. The van der Waals surface area contributed by atoms with Crippen LogP contribution in [0.25, 0.3) is 5.57 Å². The van der Waals surface area contributed by atoms with Crippen molar-refractivity contribution in [3.63, 3.8) is 0 Å². The number of halogens is 1. The van der Waals surface area contributed by atoms with Crippen LogP contribution in [0.4, 0.5) is 4.39 Å². The zero-order valence-electron chi connectivity index (χ0n) is 23.5. The van der Waals surface area contributed by atoms with Gasteiger partial charge in [0.1, 0.15) is 22.9 Å². The Hall–Kier alpha value is -2.66. The lowest BCUT2D eigenvalue weighted by molar-refractivity contribution is -0.134. The molecule has 1 saturated heterocycles. The molecule has 3 aliphatic rings. The van der Waals surface area contributed by atoms with Crippen LogP contribution in [0.5, 0.6) is 11.5 Å². The van der Waals surface area contributed by atoms with Crippen LogP contribution in [0.3, 0.4) is 0 Å². The lowest BCUT2D eigenvalue weighted by Crippen LogP contribution is -2.34. The van der Waals surface area contributed by atoms with Gasteiger partial charge in [0.15, 0.2) is 0 Å². The molecule has 1 fully saturated rings. The fourth-order valence-corrected chi connectivity index (χ4v) is 6.79. The third kappa shape index (κ3) is 5.27. The predicted octanol–water partition coefficient (Wildman–Crippen LogP) is 7.82. The molecular formula is C33H42FNO3. The van der Waals surface area contributed by atoms with Gasteiger partial charge < -0.3 is 14.4 Å². The molecule has 0 radical (unpaired) electrons. The number of carbonyl (C=O) groups is 1. The van der Waals surface area contributed by atoms with Gasteiger partial charge >= 0.3 is 5.97 Å². The van der Waals surface area contributed by atoms with Crippen LogP contribution in [0.1, 0.15) is 102 Å². The Labute approximate surface area is 227 Å². The molecule has 0 bridgehead atoms. The van der Waals surface area contributed by atoms with Gasteiger partial charge in [-0.3, -0.25) is 4.79 Å². The minimum atomic E-state index is -0.397. The molecular weight excluding hydrogens is 477 g/mol. The lowest BCUT2D eigenvalue weighted by atomic mass is 9.72. The zero-order valence-corrected chi connectivity index (χ0v) is 23.5. The van der Waals surface area contributed by atoms with Crippen molar-refractivity contribution in [1.29, 1.82) is 0 Å². The van der Waals surface area contributed by atoms with E-state index in [0.29, 0.717) is 12.2 Å². The number of allylic oxidation sites excluding steroid dienone is 1. The summed E-state index contributed by atoms with van der Waals surface area (Å²) in [6.45, 7) is 11.8. The largest absolute Gasteiger partial charge is 0.483 e. The first kappa shape index (κ1) is 26.9. The Kier molecular flexibility index (Phi) is 7.68. The number of nitrogens with zero attached hydrogens (tertiary/aromatic N) is 1. The fourth-order valence-electron chi connectivity index (χ4n) is 6.79. The van der Waals surface area contributed by atoms with Crippen LogP contribution in [-0.2, 0) is 10.2 Å². The minimum Gasteiger partial charge on any atom is -0.483 e. The van der Waals surface area contributed by atoms with E-state index >= 15 is 0 Å². The smallest absolute Gasteiger partial charge is 0.311 e. The minimum absolute atomic E-state index is 0.187. The van der Waals surface area contributed by atoms with Crippen LogP contribution in [0.15, 0.2) is 42.0 Å². The van der Waals surface area contributed by atoms with Gasteiger partial charge in [-0.15, -0.1) is 0 Å². The number of ether oxygens (including phenoxy) is 2. The van der Waals surface area contributed by atoms with E-state index in [0.717, 1.165) is 80.6 Å². The van der Waals surface area contributed by atoms with Crippen LogP contribution < -0.4 is 9.47 Å². The van der Waals surface area contributed by atoms with Crippen molar-refractivity contribution < 1.29 is 18.7 Å². The van der Waals surface area contributed by atoms with E-state index in [2.05, 4.69) is 44.7 Å². The summed E-state index contributed by atoms with van der Waals surface area (Å²) in [6, 6.07) is 11.0. The molecule has 0 spiro atoms. The maximum absolute atomic E-state index is 13.8. The quantitative estimate of drug-likeness (QED) is 0.250. The topological polar surface area (TPSA) is 38.8 Å². The number of fused-ring (bicyclic) bond motifs is 2. The molecule has 204 valence electrons. The SMILES string of the molecule is CCCC(C)(c1ccc(F)cc1)c1cc(OC(=O)CCCN2CCCC2)c2c(c1)OC(C)(C)C1=C2CCC1. The highest BCUT2D eigenvalue weighted by Crippen LogP contribution is 2.53. The Morgan fingerprint density at radius 1 is 1.08 bits per heavy atom. The average molecular weight is 520 g/mol. The molecule has 4 nitrogen and oxygen atoms in total. The van der Waals surface area contributed by atoms with E-state index in [1.807, 2.05) is 12.1 Å². The van der Waals surface area contributed by atoms with Crippen LogP contribution in [0.2, 0.25) is 0 Å². The molecule has 2 aromatic carbocycles. The summed E-state index contributed by atoms with van der Waals surface area (Å²) >= 11 is 0.